The maximum absolute atomic E-state index is 13.3. The fraction of sp³-hybridized carbons (Fsp3) is 0. The molecule has 0 unspecified atom stereocenters. The highest BCUT2D eigenvalue weighted by Gasteiger charge is 2.09. The van der Waals surface area contributed by atoms with E-state index >= 15 is 0 Å². The van der Waals surface area contributed by atoms with E-state index in [1.807, 2.05) is 6.07 Å². The zero-order chi connectivity index (χ0) is 11.4. The Morgan fingerprint density at radius 1 is 1.00 bits per heavy atom. The van der Waals surface area contributed by atoms with E-state index in [4.69, 9.17) is 10.00 Å². The highest BCUT2D eigenvalue weighted by Crippen LogP contribution is 2.26. The van der Waals surface area contributed by atoms with Crippen LogP contribution in [0.2, 0.25) is 0 Å². The third-order valence-electron chi connectivity index (χ3n) is 2.06. The number of benzene rings is 2. The molecule has 0 aliphatic rings. The van der Waals surface area contributed by atoms with Gasteiger partial charge in [0.2, 0.25) is 0 Å². The average Bonchev–Trinajstić information content (AvgIpc) is 2.31. The van der Waals surface area contributed by atoms with Crippen molar-refractivity contribution < 1.29 is 9.13 Å². The van der Waals surface area contributed by atoms with Gasteiger partial charge in [-0.2, -0.15) is 5.26 Å². The molecule has 0 saturated carbocycles. The second-order valence-corrected chi connectivity index (χ2v) is 3.14. The minimum absolute atomic E-state index is 0.0775. The van der Waals surface area contributed by atoms with Gasteiger partial charge in [-0.05, 0) is 24.3 Å². The second-order valence-electron chi connectivity index (χ2n) is 3.14. The van der Waals surface area contributed by atoms with E-state index in [2.05, 4.69) is 0 Å². The summed E-state index contributed by atoms with van der Waals surface area (Å²) in [6, 6.07) is 15.0. The summed E-state index contributed by atoms with van der Waals surface area (Å²) in [7, 11) is 0. The molecule has 2 aromatic rings. The van der Waals surface area contributed by atoms with Crippen LogP contribution in [-0.2, 0) is 0 Å². The Morgan fingerprint density at radius 3 is 2.44 bits per heavy atom. The molecule has 0 fully saturated rings. The molecule has 0 amide bonds. The van der Waals surface area contributed by atoms with Crippen LogP contribution in [-0.4, -0.2) is 0 Å². The van der Waals surface area contributed by atoms with E-state index < -0.39 is 5.82 Å². The quantitative estimate of drug-likeness (QED) is 0.764. The van der Waals surface area contributed by atoms with Crippen molar-refractivity contribution in [1.82, 2.24) is 0 Å². The molecule has 0 aliphatic heterocycles. The molecule has 0 atom stereocenters. The van der Waals surface area contributed by atoms with Crippen LogP contribution in [0.1, 0.15) is 5.56 Å². The summed E-state index contributed by atoms with van der Waals surface area (Å²) in [5.74, 6) is 0.231. The molecule has 0 heterocycles. The Balaban J connectivity index is 2.36. The molecule has 0 aliphatic carbocycles. The topological polar surface area (TPSA) is 33.0 Å². The van der Waals surface area contributed by atoms with Crippen LogP contribution in [0.15, 0.2) is 48.5 Å². The number of halogens is 1. The van der Waals surface area contributed by atoms with Gasteiger partial charge in [-0.15, -0.1) is 0 Å². The smallest absolute Gasteiger partial charge is 0.148 e. The fourth-order valence-corrected chi connectivity index (χ4v) is 1.31. The summed E-state index contributed by atoms with van der Waals surface area (Å²) in [5, 5.41) is 8.81. The lowest BCUT2D eigenvalue weighted by Gasteiger charge is -2.06. The molecular weight excluding hydrogens is 205 g/mol. The molecule has 0 bridgehead atoms. The number of para-hydroxylation sites is 1. The monoisotopic (exact) mass is 213 g/mol. The molecule has 0 radical (unpaired) electrons. The van der Waals surface area contributed by atoms with Gasteiger partial charge in [0.05, 0.1) is 0 Å². The number of ether oxygens (including phenoxy) is 1. The van der Waals surface area contributed by atoms with Crippen molar-refractivity contribution in [2.45, 2.75) is 0 Å². The van der Waals surface area contributed by atoms with Crippen LogP contribution in [0.25, 0.3) is 0 Å². The van der Waals surface area contributed by atoms with Gasteiger partial charge in [0.25, 0.3) is 0 Å². The normalized spacial score (nSPS) is 9.50. The Bertz CT molecular complexity index is 531. The largest absolute Gasteiger partial charge is 0.456 e. The Kier molecular flexibility index (Phi) is 2.84. The van der Waals surface area contributed by atoms with Crippen LogP contribution in [0.4, 0.5) is 4.39 Å². The number of nitrogens with zero attached hydrogens (tertiary/aromatic N) is 1. The van der Waals surface area contributed by atoms with E-state index in [1.165, 1.54) is 12.1 Å². The second kappa shape index (κ2) is 4.45. The molecular formula is C13H8FNO. The van der Waals surface area contributed by atoms with Crippen molar-refractivity contribution in [2.75, 3.05) is 0 Å². The van der Waals surface area contributed by atoms with Gasteiger partial charge in [0, 0.05) is 0 Å². The van der Waals surface area contributed by atoms with Gasteiger partial charge in [-0.1, -0.05) is 24.3 Å². The summed E-state index contributed by atoms with van der Waals surface area (Å²) in [6.07, 6.45) is 0. The molecule has 3 heteroatoms. The highest BCUT2D eigenvalue weighted by atomic mass is 19.1. The van der Waals surface area contributed by atoms with Crippen LogP contribution >= 0.6 is 0 Å². The predicted molar refractivity (Wildman–Crippen MR) is 57.6 cm³/mol. The zero-order valence-corrected chi connectivity index (χ0v) is 8.35. The first-order chi connectivity index (χ1) is 7.81. The minimum Gasteiger partial charge on any atom is -0.456 e. The van der Waals surface area contributed by atoms with Crippen LogP contribution < -0.4 is 4.74 Å². The Morgan fingerprint density at radius 2 is 1.75 bits per heavy atom. The molecule has 2 nitrogen and oxygen atoms in total. The van der Waals surface area contributed by atoms with Gasteiger partial charge in [-0.3, -0.25) is 0 Å². The van der Waals surface area contributed by atoms with E-state index in [0.717, 1.165) is 0 Å². The average molecular weight is 213 g/mol. The van der Waals surface area contributed by atoms with Crippen LogP contribution in [0, 0.1) is 17.1 Å². The molecule has 0 aromatic heterocycles. The van der Waals surface area contributed by atoms with E-state index in [-0.39, 0.29) is 11.3 Å². The molecule has 16 heavy (non-hydrogen) atoms. The maximum atomic E-state index is 13.3. The number of hydrogen-bond donors (Lipinski definition) is 0. The summed E-state index contributed by atoms with van der Waals surface area (Å²) < 4.78 is 18.7. The molecule has 0 N–H and O–H groups in total. The van der Waals surface area contributed by atoms with Crippen molar-refractivity contribution in [3.63, 3.8) is 0 Å². The minimum atomic E-state index is -0.573. The number of hydrogen-bond acceptors (Lipinski definition) is 2. The Hall–Kier alpha value is -2.34. The van der Waals surface area contributed by atoms with E-state index in [1.54, 1.807) is 36.4 Å². The third-order valence-corrected chi connectivity index (χ3v) is 2.06. The van der Waals surface area contributed by atoms with Gasteiger partial charge in [0.1, 0.15) is 28.9 Å². The third kappa shape index (κ3) is 2.01. The number of rotatable bonds is 2. The molecule has 78 valence electrons. The molecule has 0 spiro atoms. The van der Waals surface area contributed by atoms with Gasteiger partial charge in [0.15, 0.2) is 0 Å². The standard InChI is InChI=1S/C13H8FNO/c14-12-7-4-8-13(11(12)9-15)16-10-5-2-1-3-6-10/h1-8H. The first-order valence-electron chi connectivity index (χ1n) is 4.73. The SMILES string of the molecule is N#Cc1c(F)cccc1Oc1ccccc1. The summed E-state index contributed by atoms with van der Waals surface area (Å²) in [6.45, 7) is 0. The van der Waals surface area contributed by atoms with Crippen molar-refractivity contribution in [2.24, 2.45) is 0 Å². The summed E-state index contributed by atoms with van der Waals surface area (Å²) in [4.78, 5) is 0. The lowest BCUT2D eigenvalue weighted by atomic mass is 10.2. The fourth-order valence-electron chi connectivity index (χ4n) is 1.31. The van der Waals surface area contributed by atoms with Crippen molar-refractivity contribution in [3.05, 3.63) is 59.9 Å². The van der Waals surface area contributed by atoms with Gasteiger partial charge in [-0.25, -0.2) is 4.39 Å². The van der Waals surface area contributed by atoms with Crippen molar-refractivity contribution >= 4 is 0 Å². The van der Waals surface area contributed by atoms with E-state index in [9.17, 15) is 4.39 Å². The first-order valence-corrected chi connectivity index (χ1v) is 4.73. The molecule has 2 aromatic carbocycles. The summed E-state index contributed by atoms with van der Waals surface area (Å²) in [5.41, 5.74) is -0.0775. The van der Waals surface area contributed by atoms with E-state index in [0.29, 0.717) is 5.75 Å². The Labute approximate surface area is 92.5 Å². The van der Waals surface area contributed by atoms with Crippen molar-refractivity contribution in [1.29, 1.82) is 5.26 Å². The lowest BCUT2D eigenvalue weighted by Crippen LogP contribution is -1.91. The van der Waals surface area contributed by atoms with Gasteiger partial charge < -0.3 is 4.74 Å². The highest BCUT2D eigenvalue weighted by molar-refractivity contribution is 5.45. The predicted octanol–water partition coefficient (Wildman–Crippen LogP) is 3.49. The zero-order valence-electron chi connectivity index (χ0n) is 8.35. The molecule has 2 rings (SSSR count). The van der Waals surface area contributed by atoms with Gasteiger partial charge >= 0.3 is 0 Å². The van der Waals surface area contributed by atoms with Crippen LogP contribution in [0.5, 0.6) is 11.5 Å². The first kappa shape index (κ1) is 10.2. The maximum Gasteiger partial charge on any atom is 0.148 e. The summed E-state index contributed by atoms with van der Waals surface area (Å²) >= 11 is 0. The molecule has 0 saturated heterocycles. The van der Waals surface area contributed by atoms with Crippen molar-refractivity contribution in [3.8, 4) is 17.6 Å². The lowest BCUT2D eigenvalue weighted by molar-refractivity contribution is 0.474. The number of nitriles is 1. The van der Waals surface area contributed by atoms with Crippen LogP contribution in [0.3, 0.4) is 0 Å².